The van der Waals surface area contributed by atoms with Crippen molar-refractivity contribution in [2.75, 3.05) is 38.7 Å². The molecule has 0 aromatic heterocycles. The van der Waals surface area contributed by atoms with Gasteiger partial charge in [-0.1, -0.05) is 23.2 Å². The molecule has 1 aromatic rings. The molecule has 0 amide bonds. The summed E-state index contributed by atoms with van der Waals surface area (Å²) >= 11 is 14.0. The molecule has 8 heteroatoms. The maximum Gasteiger partial charge on any atom is 0.244 e. The fourth-order valence-corrected chi connectivity index (χ4v) is 6.26. The zero-order valence-electron chi connectivity index (χ0n) is 13.6. The summed E-state index contributed by atoms with van der Waals surface area (Å²) in [7, 11) is 0.269. The molecule has 0 N–H and O–H groups in total. The zero-order valence-corrected chi connectivity index (χ0v) is 16.7. The second-order valence-electron chi connectivity index (χ2n) is 5.99. The molecule has 0 saturated carbocycles. The van der Waals surface area contributed by atoms with Gasteiger partial charge >= 0.3 is 0 Å². The van der Waals surface area contributed by atoms with Crippen molar-refractivity contribution < 1.29 is 8.42 Å². The van der Waals surface area contributed by atoms with Crippen molar-refractivity contribution in [2.45, 2.75) is 24.3 Å². The van der Waals surface area contributed by atoms with Gasteiger partial charge in [0.25, 0.3) is 0 Å². The lowest BCUT2D eigenvalue weighted by atomic mass is 10.2. The van der Waals surface area contributed by atoms with E-state index in [4.69, 9.17) is 23.2 Å². The molecule has 1 aromatic carbocycles. The van der Waals surface area contributed by atoms with Crippen LogP contribution < -0.4 is 0 Å². The van der Waals surface area contributed by atoms with Gasteiger partial charge in [-0.3, -0.25) is 0 Å². The topological polar surface area (TPSA) is 40.6 Å². The SMILES string of the molecule is Cc1cc(S(=O)(=O)N2CCCSC[C@@H]2CN(C)C)c(Cl)cc1Cl. The van der Waals surface area contributed by atoms with Crippen LogP contribution in [-0.2, 0) is 10.0 Å². The van der Waals surface area contributed by atoms with Crippen LogP contribution in [0, 0.1) is 6.92 Å². The van der Waals surface area contributed by atoms with Crippen LogP contribution in [0.15, 0.2) is 17.0 Å². The minimum atomic E-state index is -3.65. The Kier molecular flexibility index (Phi) is 6.67. The maximum atomic E-state index is 13.2. The molecule has 130 valence electrons. The monoisotopic (exact) mass is 396 g/mol. The third kappa shape index (κ3) is 4.55. The van der Waals surface area contributed by atoms with E-state index >= 15 is 0 Å². The Hall–Kier alpha value is 0.0200. The van der Waals surface area contributed by atoms with E-state index in [1.54, 1.807) is 29.1 Å². The van der Waals surface area contributed by atoms with Gasteiger partial charge in [-0.2, -0.15) is 16.1 Å². The van der Waals surface area contributed by atoms with Crippen molar-refractivity contribution in [3.05, 3.63) is 27.7 Å². The fraction of sp³-hybridized carbons (Fsp3) is 0.600. The third-order valence-corrected chi connectivity index (χ3v) is 7.78. The number of likely N-dealkylation sites (N-methyl/N-ethyl adjacent to an activating group) is 1. The average molecular weight is 397 g/mol. The molecule has 1 aliphatic heterocycles. The predicted octanol–water partition coefficient (Wildman–Crippen LogP) is 3.36. The van der Waals surface area contributed by atoms with Gasteiger partial charge in [-0.25, -0.2) is 8.42 Å². The van der Waals surface area contributed by atoms with E-state index in [-0.39, 0.29) is 16.0 Å². The van der Waals surface area contributed by atoms with Crippen LogP contribution in [0.3, 0.4) is 0 Å². The molecule has 4 nitrogen and oxygen atoms in total. The van der Waals surface area contributed by atoms with Crippen molar-refractivity contribution >= 4 is 45.0 Å². The first-order valence-corrected chi connectivity index (χ1v) is 10.8. The molecule has 1 aliphatic rings. The largest absolute Gasteiger partial charge is 0.308 e. The summed E-state index contributed by atoms with van der Waals surface area (Å²) in [6.07, 6.45) is 0.845. The first kappa shape index (κ1) is 19.3. The number of sulfonamides is 1. The Morgan fingerprint density at radius 3 is 2.65 bits per heavy atom. The molecular weight excluding hydrogens is 375 g/mol. The quantitative estimate of drug-likeness (QED) is 0.781. The molecule has 1 heterocycles. The van der Waals surface area contributed by atoms with Gasteiger partial charge in [0.2, 0.25) is 10.0 Å². The number of benzene rings is 1. The number of thioether (sulfide) groups is 1. The highest BCUT2D eigenvalue weighted by Crippen LogP contribution is 2.32. The van der Waals surface area contributed by atoms with Crippen molar-refractivity contribution in [2.24, 2.45) is 0 Å². The molecule has 0 unspecified atom stereocenters. The van der Waals surface area contributed by atoms with Crippen molar-refractivity contribution in [3.63, 3.8) is 0 Å². The summed E-state index contributed by atoms with van der Waals surface area (Å²) in [4.78, 5) is 2.17. The van der Waals surface area contributed by atoms with Gasteiger partial charge in [0, 0.05) is 29.9 Å². The molecular formula is C15H22Cl2N2O2S2. The van der Waals surface area contributed by atoms with E-state index in [9.17, 15) is 8.42 Å². The summed E-state index contributed by atoms with van der Waals surface area (Å²) in [5.41, 5.74) is 0.711. The van der Waals surface area contributed by atoms with Gasteiger partial charge in [-0.15, -0.1) is 0 Å². The summed E-state index contributed by atoms with van der Waals surface area (Å²) in [6, 6.07) is 3.03. The van der Waals surface area contributed by atoms with E-state index in [1.165, 1.54) is 6.07 Å². The van der Waals surface area contributed by atoms with Crippen LogP contribution in [0.1, 0.15) is 12.0 Å². The lowest BCUT2D eigenvalue weighted by Crippen LogP contribution is -2.46. The molecule has 0 radical (unpaired) electrons. The predicted molar refractivity (Wildman–Crippen MR) is 99.4 cm³/mol. The Bertz CT molecular complexity index is 666. The van der Waals surface area contributed by atoms with Crippen molar-refractivity contribution in [1.82, 2.24) is 9.21 Å². The number of aryl methyl sites for hydroxylation is 1. The standard InChI is InChI=1S/C15H22Cl2N2O2S2/c1-11-7-15(14(17)8-13(11)16)23(20,21)19-5-4-6-22-10-12(19)9-18(2)3/h7-8,12H,4-6,9-10H2,1-3H3/t12-/m0/s1. The van der Waals surface area contributed by atoms with Crippen LogP contribution in [0.4, 0.5) is 0 Å². The molecule has 2 rings (SSSR count). The molecule has 0 spiro atoms. The van der Waals surface area contributed by atoms with Crippen LogP contribution in [0.25, 0.3) is 0 Å². The van der Waals surface area contributed by atoms with Crippen molar-refractivity contribution in [1.29, 1.82) is 0 Å². The Morgan fingerprint density at radius 1 is 1.30 bits per heavy atom. The van der Waals surface area contributed by atoms with Gasteiger partial charge in [0.05, 0.1) is 5.02 Å². The van der Waals surface area contributed by atoms with E-state index < -0.39 is 10.0 Å². The van der Waals surface area contributed by atoms with E-state index in [0.717, 1.165) is 17.9 Å². The van der Waals surface area contributed by atoms with E-state index in [2.05, 4.69) is 0 Å². The second-order valence-corrected chi connectivity index (χ2v) is 9.82. The van der Waals surface area contributed by atoms with E-state index in [0.29, 0.717) is 23.7 Å². The summed E-state index contributed by atoms with van der Waals surface area (Å²) in [6.45, 7) is 3.00. The van der Waals surface area contributed by atoms with Crippen molar-refractivity contribution in [3.8, 4) is 0 Å². The Labute approximate surface area is 153 Å². The van der Waals surface area contributed by atoms with Gasteiger partial charge in [-0.05, 0) is 50.9 Å². The van der Waals surface area contributed by atoms with Gasteiger partial charge < -0.3 is 4.90 Å². The minimum Gasteiger partial charge on any atom is -0.308 e. The Morgan fingerprint density at radius 2 is 2.00 bits per heavy atom. The summed E-state index contributed by atoms with van der Waals surface area (Å²) < 4.78 is 28.0. The molecule has 0 bridgehead atoms. The summed E-state index contributed by atoms with van der Waals surface area (Å²) in [5.74, 6) is 1.77. The van der Waals surface area contributed by atoms with Crippen LogP contribution >= 0.6 is 35.0 Å². The smallest absolute Gasteiger partial charge is 0.244 e. The lowest BCUT2D eigenvalue weighted by Gasteiger charge is -2.31. The van der Waals surface area contributed by atoms with Crippen LogP contribution in [0.2, 0.25) is 10.0 Å². The molecule has 0 aliphatic carbocycles. The average Bonchev–Trinajstić information content (AvgIpc) is 2.67. The maximum absolute atomic E-state index is 13.2. The van der Waals surface area contributed by atoms with Gasteiger partial charge in [0.15, 0.2) is 0 Å². The number of rotatable bonds is 4. The molecule has 1 saturated heterocycles. The number of hydrogen-bond donors (Lipinski definition) is 0. The number of nitrogens with zero attached hydrogens (tertiary/aromatic N) is 2. The highest BCUT2D eigenvalue weighted by atomic mass is 35.5. The summed E-state index contributed by atoms with van der Waals surface area (Å²) in [5, 5.41) is 0.659. The first-order chi connectivity index (χ1) is 10.7. The zero-order chi connectivity index (χ0) is 17.2. The normalized spacial score (nSPS) is 20.7. The van der Waals surface area contributed by atoms with E-state index in [1.807, 2.05) is 19.0 Å². The highest BCUT2D eigenvalue weighted by molar-refractivity contribution is 7.99. The third-order valence-electron chi connectivity index (χ3n) is 3.76. The highest BCUT2D eigenvalue weighted by Gasteiger charge is 2.34. The number of halogens is 2. The Balaban J connectivity index is 2.44. The molecule has 23 heavy (non-hydrogen) atoms. The lowest BCUT2D eigenvalue weighted by molar-refractivity contribution is 0.271. The second kappa shape index (κ2) is 7.93. The van der Waals surface area contributed by atoms with Crippen LogP contribution in [0.5, 0.6) is 0 Å². The molecule has 1 atom stereocenters. The minimum absolute atomic E-state index is 0.0606. The molecule has 1 fully saturated rings. The number of hydrogen-bond acceptors (Lipinski definition) is 4. The fourth-order valence-electron chi connectivity index (χ4n) is 2.64. The first-order valence-electron chi connectivity index (χ1n) is 7.43. The van der Waals surface area contributed by atoms with Crippen LogP contribution in [-0.4, -0.2) is 62.4 Å². The van der Waals surface area contributed by atoms with Gasteiger partial charge in [0.1, 0.15) is 4.90 Å².